The summed E-state index contributed by atoms with van der Waals surface area (Å²) < 4.78 is 35.8. The summed E-state index contributed by atoms with van der Waals surface area (Å²) in [5, 5.41) is 4.78. The quantitative estimate of drug-likeness (QED) is 0.742. The minimum atomic E-state index is -4.46. The van der Waals surface area contributed by atoms with Gasteiger partial charge in [0.05, 0.1) is 0 Å². The molecular formula is C10H17F3N4O2. The maximum absolute atomic E-state index is 11.9. The van der Waals surface area contributed by atoms with Crippen molar-refractivity contribution < 1.29 is 22.8 Å². The standard InChI is InChI=1S/C10H17F3N4O2/c1-16(9(19)15-7-10(11,12)13)6-8(18)17-4-2-14-3-5-17/h14H,2-7H2,1H3,(H,15,19). The second-order valence-corrected chi connectivity index (χ2v) is 4.26. The zero-order chi connectivity index (χ0) is 14.5. The van der Waals surface area contributed by atoms with Crippen LogP contribution in [0.25, 0.3) is 0 Å². The number of likely N-dealkylation sites (N-methyl/N-ethyl adjacent to an activating group) is 1. The molecule has 2 N–H and O–H groups in total. The highest BCUT2D eigenvalue weighted by molar-refractivity contribution is 5.84. The molecule has 1 aliphatic rings. The number of carbonyl (C=O) groups is 2. The Kier molecular flexibility index (Phi) is 5.40. The molecule has 1 heterocycles. The van der Waals surface area contributed by atoms with Crippen LogP contribution in [0, 0.1) is 0 Å². The van der Waals surface area contributed by atoms with Crippen molar-refractivity contribution in [2.75, 3.05) is 46.3 Å². The van der Waals surface area contributed by atoms with Crippen LogP contribution in [-0.2, 0) is 4.79 Å². The summed E-state index contributed by atoms with van der Waals surface area (Å²) in [6.07, 6.45) is -4.46. The van der Waals surface area contributed by atoms with Gasteiger partial charge < -0.3 is 20.4 Å². The molecule has 0 aromatic rings. The predicted molar refractivity (Wildman–Crippen MR) is 61.5 cm³/mol. The van der Waals surface area contributed by atoms with Crippen molar-refractivity contribution in [1.82, 2.24) is 20.4 Å². The highest BCUT2D eigenvalue weighted by Gasteiger charge is 2.29. The number of nitrogens with one attached hydrogen (secondary N) is 2. The number of hydrogen-bond donors (Lipinski definition) is 2. The van der Waals surface area contributed by atoms with Crippen LogP contribution in [0.15, 0.2) is 0 Å². The first-order chi connectivity index (χ1) is 8.79. The molecule has 0 spiro atoms. The Morgan fingerprint density at radius 2 is 1.89 bits per heavy atom. The highest BCUT2D eigenvalue weighted by Crippen LogP contribution is 2.12. The minimum absolute atomic E-state index is 0.232. The van der Waals surface area contributed by atoms with Gasteiger partial charge in [0.25, 0.3) is 0 Å². The van der Waals surface area contributed by atoms with E-state index in [0.717, 1.165) is 4.90 Å². The molecule has 19 heavy (non-hydrogen) atoms. The number of alkyl halides is 3. The fourth-order valence-electron chi connectivity index (χ4n) is 1.60. The Morgan fingerprint density at radius 1 is 1.32 bits per heavy atom. The topological polar surface area (TPSA) is 64.7 Å². The van der Waals surface area contributed by atoms with Gasteiger partial charge >= 0.3 is 12.2 Å². The Hall–Kier alpha value is -1.51. The summed E-state index contributed by atoms with van der Waals surface area (Å²) in [4.78, 5) is 25.6. The monoisotopic (exact) mass is 282 g/mol. The van der Waals surface area contributed by atoms with Gasteiger partial charge in [-0.2, -0.15) is 13.2 Å². The van der Waals surface area contributed by atoms with Gasteiger partial charge in [0, 0.05) is 33.2 Å². The zero-order valence-corrected chi connectivity index (χ0v) is 10.6. The molecule has 3 amide bonds. The third kappa shape index (κ3) is 5.77. The second kappa shape index (κ2) is 6.60. The predicted octanol–water partition coefficient (Wildman–Crippen LogP) is -0.378. The third-order valence-electron chi connectivity index (χ3n) is 2.63. The van der Waals surface area contributed by atoms with Gasteiger partial charge in [-0.3, -0.25) is 4.79 Å². The maximum Gasteiger partial charge on any atom is 0.405 e. The second-order valence-electron chi connectivity index (χ2n) is 4.26. The fourth-order valence-corrected chi connectivity index (χ4v) is 1.60. The Morgan fingerprint density at radius 3 is 2.42 bits per heavy atom. The van der Waals surface area contributed by atoms with E-state index in [1.54, 1.807) is 10.2 Å². The average molecular weight is 282 g/mol. The largest absolute Gasteiger partial charge is 0.405 e. The van der Waals surface area contributed by atoms with E-state index in [1.807, 2.05) is 0 Å². The van der Waals surface area contributed by atoms with Crippen molar-refractivity contribution in [2.45, 2.75) is 6.18 Å². The van der Waals surface area contributed by atoms with Crippen LogP contribution in [0.3, 0.4) is 0 Å². The molecule has 0 aliphatic carbocycles. The number of carbonyl (C=O) groups excluding carboxylic acids is 2. The smallest absolute Gasteiger partial charge is 0.339 e. The lowest BCUT2D eigenvalue weighted by molar-refractivity contribution is -0.132. The number of rotatable bonds is 3. The molecule has 110 valence electrons. The van der Waals surface area contributed by atoms with Gasteiger partial charge in [-0.25, -0.2) is 4.79 Å². The molecule has 9 heteroatoms. The van der Waals surface area contributed by atoms with Gasteiger partial charge in [-0.05, 0) is 0 Å². The lowest BCUT2D eigenvalue weighted by Gasteiger charge is -2.29. The highest BCUT2D eigenvalue weighted by atomic mass is 19.4. The van der Waals surface area contributed by atoms with E-state index >= 15 is 0 Å². The first-order valence-corrected chi connectivity index (χ1v) is 5.84. The number of urea groups is 1. The molecule has 6 nitrogen and oxygen atoms in total. The SMILES string of the molecule is CN(CC(=O)N1CCNCC1)C(=O)NCC(F)(F)F. The van der Waals surface area contributed by atoms with Crippen LogP contribution in [-0.4, -0.2) is 74.2 Å². The molecule has 0 unspecified atom stereocenters. The molecule has 0 aromatic heterocycles. The summed E-state index contributed by atoms with van der Waals surface area (Å²) >= 11 is 0. The van der Waals surface area contributed by atoms with Crippen molar-refractivity contribution >= 4 is 11.9 Å². The number of halogens is 3. The van der Waals surface area contributed by atoms with Crippen LogP contribution in [0.1, 0.15) is 0 Å². The molecule has 1 aliphatic heterocycles. The van der Waals surface area contributed by atoms with Crippen molar-refractivity contribution in [3.05, 3.63) is 0 Å². The van der Waals surface area contributed by atoms with E-state index in [2.05, 4.69) is 5.32 Å². The zero-order valence-electron chi connectivity index (χ0n) is 10.6. The van der Waals surface area contributed by atoms with E-state index in [1.165, 1.54) is 7.05 Å². The summed E-state index contributed by atoms with van der Waals surface area (Å²) in [5.74, 6) is -0.272. The van der Waals surface area contributed by atoms with E-state index < -0.39 is 18.8 Å². The van der Waals surface area contributed by atoms with Gasteiger partial charge in [0.1, 0.15) is 13.1 Å². The molecule has 1 saturated heterocycles. The average Bonchev–Trinajstić information content (AvgIpc) is 2.36. The number of piperazine rings is 1. The van der Waals surface area contributed by atoms with Gasteiger partial charge in [-0.15, -0.1) is 0 Å². The molecule has 0 radical (unpaired) electrons. The van der Waals surface area contributed by atoms with Crippen LogP contribution < -0.4 is 10.6 Å². The fraction of sp³-hybridized carbons (Fsp3) is 0.800. The van der Waals surface area contributed by atoms with Crippen molar-refractivity contribution in [1.29, 1.82) is 0 Å². The molecule has 0 aromatic carbocycles. The number of hydrogen-bond acceptors (Lipinski definition) is 3. The molecule has 1 fully saturated rings. The number of amides is 3. The first-order valence-electron chi connectivity index (χ1n) is 5.84. The summed E-state index contributed by atoms with van der Waals surface area (Å²) in [5.41, 5.74) is 0. The van der Waals surface area contributed by atoms with E-state index in [4.69, 9.17) is 0 Å². The lowest BCUT2D eigenvalue weighted by atomic mass is 10.3. The number of nitrogens with zero attached hydrogens (tertiary/aromatic N) is 2. The summed E-state index contributed by atoms with van der Waals surface area (Å²) in [6.45, 7) is 0.792. The van der Waals surface area contributed by atoms with E-state index in [0.29, 0.717) is 26.2 Å². The lowest BCUT2D eigenvalue weighted by Crippen LogP contribution is -2.51. The minimum Gasteiger partial charge on any atom is -0.339 e. The van der Waals surface area contributed by atoms with Crippen molar-refractivity contribution in [2.24, 2.45) is 0 Å². The molecule has 0 saturated carbocycles. The van der Waals surface area contributed by atoms with Crippen LogP contribution in [0.4, 0.5) is 18.0 Å². The Balaban J connectivity index is 2.34. The normalized spacial score (nSPS) is 16.1. The van der Waals surface area contributed by atoms with E-state index in [9.17, 15) is 22.8 Å². The van der Waals surface area contributed by atoms with Crippen molar-refractivity contribution in [3.8, 4) is 0 Å². The van der Waals surface area contributed by atoms with Gasteiger partial charge in [-0.1, -0.05) is 0 Å². The summed E-state index contributed by atoms with van der Waals surface area (Å²) in [7, 11) is 1.28. The Bertz CT molecular complexity index is 329. The van der Waals surface area contributed by atoms with Crippen LogP contribution in [0.5, 0.6) is 0 Å². The van der Waals surface area contributed by atoms with Gasteiger partial charge in [0.2, 0.25) is 5.91 Å². The van der Waals surface area contributed by atoms with Gasteiger partial charge in [0.15, 0.2) is 0 Å². The molecule has 0 atom stereocenters. The van der Waals surface area contributed by atoms with Crippen LogP contribution in [0.2, 0.25) is 0 Å². The van der Waals surface area contributed by atoms with Crippen molar-refractivity contribution in [3.63, 3.8) is 0 Å². The van der Waals surface area contributed by atoms with Crippen LogP contribution >= 0.6 is 0 Å². The summed E-state index contributed by atoms with van der Waals surface area (Å²) in [6, 6.07) is -0.916. The third-order valence-corrected chi connectivity index (χ3v) is 2.63. The molecular weight excluding hydrogens is 265 g/mol. The van der Waals surface area contributed by atoms with E-state index in [-0.39, 0.29) is 12.5 Å². The molecule has 0 bridgehead atoms. The maximum atomic E-state index is 11.9. The molecule has 1 rings (SSSR count). The Labute approximate surface area is 108 Å². The first kappa shape index (κ1) is 15.5.